The summed E-state index contributed by atoms with van der Waals surface area (Å²) in [6.45, 7) is 0. The Labute approximate surface area is 174 Å². The molecular formula is C23H23N5O2. The van der Waals surface area contributed by atoms with E-state index in [9.17, 15) is 4.79 Å². The zero-order valence-electron chi connectivity index (χ0n) is 17.1. The van der Waals surface area contributed by atoms with E-state index < -0.39 is 6.04 Å². The SMILES string of the molecule is COc1cccc(NC(C(=O)c2nn(C)cc2-c2cnn(C)c2)c2ccccc2)c1. The van der Waals surface area contributed by atoms with Crippen molar-refractivity contribution in [3.8, 4) is 16.9 Å². The van der Waals surface area contributed by atoms with E-state index in [1.54, 1.807) is 22.7 Å². The lowest BCUT2D eigenvalue weighted by atomic mass is 9.97. The van der Waals surface area contributed by atoms with E-state index in [1.807, 2.05) is 81.1 Å². The molecule has 2 aromatic heterocycles. The van der Waals surface area contributed by atoms with E-state index in [4.69, 9.17) is 4.74 Å². The predicted octanol–water partition coefficient (Wildman–Crippen LogP) is 3.87. The van der Waals surface area contributed by atoms with Crippen LogP contribution in [0.5, 0.6) is 5.75 Å². The van der Waals surface area contributed by atoms with Crippen molar-refractivity contribution in [2.45, 2.75) is 6.04 Å². The molecule has 0 spiro atoms. The van der Waals surface area contributed by atoms with E-state index in [2.05, 4.69) is 15.5 Å². The molecule has 0 amide bonds. The normalized spacial score (nSPS) is 11.8. The molecule has 0 aliphatic carbocycles. The van der Waals surface area contributed by atoms with Crippen LogP contribution in [-0.4, -0.2) is 32.5 Å². The molecule has 4 rings (SSSR count). The maximum atomic E-state index is 13.7. The number of Topliss-reactive ketones (excluding diaryl/α,β-unsaturated/α-hetero) is 1. The summed E-state index contributed by atoms with van der Waals surface area (Å²) in [4.78, 5) is 13.7. The van der Waals surface area contributed by atoms with Crippen molar-refractivity contribution in [3.05, 3.63) is 84.4 Å². The van der Waals surface area contributed by atoms with Crippen LogP contribution in [0.25, 0.3) is 11.1 Å². The number of nitrogens with zero attached hydrogens (tertiary/aromatic N) is 4. The smallest absolute Gasteiger partial charge is 0.210 e. The third kappa shape index (κ3) is 3.96. The number of aromatic nitrogens is 4. The molecular weight excluding hydrogens is 378 g/mol. The molecule has 0 saturated carbocycles. The second-order valence-corrected chi connectivity index (χ2v) is 7.05. The van der Waals surface area contributed by atoms with Gasteiger partial charge in [-0.2, -0.15) is 10.2 Å². The first kappa shape index (κ1) is 19.4. The maximum Gasteiger partial charge on any atom is 0.210 e. The quantitative estimate of drug-likeness (QED) is 0.476. The van der Waals surface area contributed by atoms with Crippen LogP contribution < -0.4 is 10.1 Å². The van der Waals surface area contributed by atoms with Gasteiger partial charge >= 0.3 is 0 Å². The molecule has 7 heteroatoms. The summed E-state index contributed by atoms with van der Waals surface area (Å²) >= 11 is 0. The van der Waals surface area contributed by atoms with Gasteiger partial charge < -0.3 is 10.1 Å². The van der Waals surface area contributed by atoms with Gasteiger partial charge in [-0.15, -0.1) is 0 Å². The first-order valence-electron chi connectivity index (χ1n) is 9.57. The van der Waals surface area contributed by atoms with E-state index in [1.165, 1.54) is 0 Å². The molecule has 0 radical (unpaired) electrons. The number of carbonyl (C=O) groups excluding carboxylic acids is 1. The standard InChI is InChI=1S/C23H23N5O2/c1-27-14-17(13-24-27)20-15-28(2)26-22(20)23(29)21(16-8-5-4-6-9-16)25-18-10-7-11-19(12-18)30-3/h4-15,21,25H,1-3H3. The molecule has 0 bridgehead atoms. The fourth-order valence-electron chi connectivity index (χ4n) is 3.40. The molecule has 0 aliphatic rings. The Kier molecular flexibility index (Phi) is 5.34. The Bertz CT molecular complexity index is 1160. The molecule has 4 aromatic rings. The summed E-state index contributed by atoms with van der Waals surface area (Å²) in [7, 11) is 5.27. The number of hydrogen-bond acceptors (Lipinski definition) is 5. The number of methoxy groups -OCH3 is 1. The van der Waals surface area contributed by atoms with Gasteiger partial charge in [0.25, 0.3) is 0 Å². The largest absolute Gasteiger partial charge is 0.497 e. The van der Waals surface area contributed by atoms with Crippen LogP contribution in [0.2, 0.25) is 0 Å². The average molecular weight is 401 g/mol. The van der Waals surface area contributed by atoms with Crippen LogP contribution in [0.4, 0.5) is 5.69 Å². The first-order valence-corrected chi connectivity index (χ1v) is 9.57. The summed E-state index contributed by atoms with van der Waals surface area (Å²) in [6, 6.07) is 16.6. The molecule has 0 saturated heterocycles. The number of carbonyl (C=O) groups is 1. The number of benzene rings is 2. The van der Waals surface area contributed by atoms with Crippen LogP contribution in [0.1, 0.15) is 22.1 Å². The predicted molar refractivity (Wildman–Crippen MR) is 116 cm³/mol. The number of nitrogens with one attached hydrogen (secondary N) is 1. The van der Waals surface area contributed by atoms with E-state index in [0.29, 0.717) is 11.4 Å². The zero-order valence-corrected chi connectivity index (χ0v) is 17.1. The van der Waals surface area contributed by atoms with Gasteiger partial charge in [0.15, 0.2) is 0 Å². The molecule has 0 aliphatic heterocycles. The number of ketones is 1. The van der Waals surface area contributed by atoms with Gasteiger partial charge in [-0.25, -0.2) is 0 Å². The lowest BCUT2D eigenvalue weighted by Crippen LogP contribution is -2.22. The fraction of sp³-hybridized carbons (Fsp3) is 0.174. The number of hydrogen-bond donors (Lipinski definition) is 1. The summed E-state index contributed by atoms with van der Waals surface area (Å²) in [5, 5.41) is 12.1. The maximum absolute atomic E-state index is 13.7. The van der Waals surface area contributed by atoms with Crippen molar-refractivity contribution in [1.82, 2.24) is 19.6 Å². The van der Waals surface area contributed by atoms with Crippen LogP contribution in [-0.2, 0) is 14.1 Å². The molecule has 152 valence electrons. The summed E-state index contributed by atoms with van der Waals surface area (Å²) in [5.41, 5.74) is 3.64. The number of aryl methyl sites for hydroxylation is 2. The Hall–Kier alpha value is -3.87. The van der Waals surface area contributed by atoms with Crippen LogP contribution >= 0.6 is 0 Å². The third-order valence-electron chi connectivity index (χ3n) is 4.85. The number of ether oxygens (including phenoxy) is 1. The van der Waals surface area contributed by atoms with Crippen molar-refractivity contribution in [2.24, 2.45) is 14.1 Å². The minimum atomic E-state index is -0.608. The van der Waals surface area contributed by atoms with Gasteiger partial charge in [0, 0.05) is 49.4 Å². The molecule has 1 atom stereocenters. The lowest BCUT2D eigenvalue weighted by Gasteiger charge is -2.19. The van der Waals surface area contributed by atoms with Crippen molar-refractivity contribution < 1.29 is 9.53 Å². The third-order valence-corrected chi connectivity index (χ3v) is 4.85. The Balaban J connectivity index is 1.75. The monoisotopic (exact) mass is 401 g/mol. The molecule has 2 heterocycles. The van der Waals surface area contributed by atoms with Gasteiger partial charge in [0.2, 0.25) is 5.78 Å². The van der Waals surface area contributed by atoms with Gasteiger partial charge in [0.05, 0.1) is 13.3 Å². The van der Waals surface area contributed by atoms with Crippen LogP contribution in [0.3, 0.4) is 0 Å². The molecule has 1 unspecified atom stereocenters. The van der Waals surface area contributed by atoms with Crippen molar-refractivity contribution in [3.63, 3.8) is 0 Å². The van der Waals surface area contributed by atoms with Crippen molar-refractivity contribution in [1.29, 1.82) is 0 Å². The Morgan fingerprint density at radius 2 is 1.83 bits per heavy atom. The number of rotatable bonds is 7. The topological polar surface area (TPSA) is 74.0 Å². The number of anilines is 1. The van der Waals surface area contributed by atoms with E-state index in [0.717, 1.165) is 22.4 Å². The highest BCUT2D eigenvalue weighted by atomic mass is 16.5. The van der Waals surface area contributed by atoms with Gasteiger partial charge in [-0.1, -0.05) is 36.4 Å². The average Bonchev–Trinajstić information content (AvgIpc) is 3.37. The second-order valence-electron chi connectivity index (χ2n) is 7.05. The minimum Gasteiger partial charge on any atom is -0.497 e. The van der Waals surface area contributed by atoms with Crippen LogP contribution in [0.15, 0.2) is 73.2 Å². The van der Waals surface area contributed by atoms with Crippen molar-refractivity contribution in [2.75, 3.05) is 12.4 Å². The lowest BCUT2D eigenvalue weighted by molar-refractivity contribution is 0.0964. The summed E-state index contributed by atoms with van der Waals surface area (Å²) in [6.07, 6.45) is 5.46. The van der Waals surface area contributed by atoms with Gasteiger partial charge in [0.1, 0.15) is 17.5 Å². The highest BCUT2D eigenvalue weighted by Crippen LogP contribution is 2.30. The van der Waals surface area contributed by atoms with E-state index in [-0.39, 0.29) is 5.78 Å². The second kappa shape index (κ2) is 8.24. The minimum absolute atomic E-state index is 0.122. The summed E-state index contributed by atoms with van der Waals surface area (Å²) < 4.78 is 8.68. The zero-order chi connectivity index (χ0) is 21.1. The molecule has 7 nitrogen and oxygen atoms in total. The van der Waals surface area contributed by atoms with Gasteiger partial charge in [-0.05, 0) is 17.7 Å². The molecule has 1 N–H and O–H groups in total. The highest BCUT2D eigenvalue weighted by molar-refractivity contribution is 6.05. The summed E-state index contributed by atoms with van der Waals surface area (Å²) in [5.74, 6) is 0.594. The van der Waals surface area contributed by atoms with Crippen molar-refractivity contribution >= 4 is 11.5 Å². The van der Waals surface area contributed by atoms with Crippen LogP contribution in [0, 0.1) is 0 Å². The Morgan fingerprint density at radius 3 is 2.53 bits per heavy atom. The van der Waals surface area contributed by atoms with E-state index >= 15 is 0 Å². The molecule has 2 aromatic carbocycles. The first-order chi connectivity index (χ1) is 14.5. The molecule has 30 heavy (non-hydrogen) atoms. The fourth-order valence-corrected chi connectivity index (χ4v) is 3.40. The highest BCUT2D eigenvalue weighted by Gasteiger charge is 2.27. The van der Waals surface area contributed by atoms with Gasteiger partial charge in [-0.3, -0.25) is 14.2 Å². The molecule has 0 fully saturated rings. The Morgan fingerprint density at radius 1 is 1.03 bits per heavy atom.